The Hall–Kier alpha value is -1.93. The van der Waals surface area contributed by atoms with Gasteiger partial charge in [-0.3, -0.25) is 0 Å². The Morgan fingerprint density at radius 1 is 1.50 bits per heavy atom. The number of nitrogens with one attached hydrogen (secondary N) is 1. The molecule has 1 aromatic rings. The number of alkyl halides is 3. The molecule has 1 aromatic carbocycles. The summed E-state index contributed by atoms with van der Waals surface area (Å²) in [5.41, 5.74) is 0.941. The van der Waals surface area contributed by atoms with Gasteiger partial charge in [0.2, 0.25) is 0 Å². The maximum Gasteiger partial charge on any atom is 0.387 e. The van der Waals surface area contributed by atoms with E-state index in [1.54, 1.807) is 19.1 Å². The molecule has 0 amide bonds. The maximum atomic E-state index is 12.2. The van der Waals surface area contributed by atoms with Gasteiger partial charge in [0, 0.05) is 19.1 Å². The number of carbonyl (C=O) groups is 1. The predicted molar refractivity (Wildman–Crippen MR) is 93.0 cm³/mol. The van der Waals surface area contributed by atoms with E-state index in [1.807, 2.05) is 4.90 Å². The van der Waals surface area contributed by atoms with Crippen LogP contribution in [0.1, 0.15) is 18.9 Å². The highest BCUT2D eigenvalue weighted by Gasteiger charge is 2.56. The van der Waals surface area contributed by atoms with Crippen LogP contribution in [-0.4, -0.2) is 58.6 Å². The SMILES string of the molecule is CC1=NC(Cl)(C(=O)O)C2C(CCc3ccc(OC(F)F)cc3)NCCN12. The molecule has 0 radical (unpaired) electrons. The van der Waals surface area contributed by atoms with E-state index in [0.717, 1.165) is 5.56 Å². The first kappa shape index (κ1) is 18.8. The molecule has 0 aliphatic carbocycles. The lowest BCUT2D eigenvalue weighted by atomic mass is 9.92. The molecule has 0 saturated carbocycles. The standard InChI is InChI=1S/C17H20ClF2N3O3/c1-10-22-17(18,15(24)25)14-13(21-8-9-23(10)14)7-4-11-2-5-12(6-3-11)26-16(19)20/h2-3,5-6,13-14,16,21H,4,7-9H2,1H3,(H,24,25). The van der Waals surface area contributed by atoms with Crippen molar-refractivity contribution in [3.63, 3.8) is 0 Å². The zero-order chi connectivity index (χ0) is 18.9. The molecule has 3 atom stereocenters. The zero-order valence-electron chi connectivity index (χ0n) is 14.2. The summed E-state index contributed by atoms with van der Waals surface area (Å²) in [7, 11) is 0. The van der Waals surface area contributed by atoms with E-state index in [2.05, 4.69) is 15.0 Å². The fraction of sp³-hybridized carbons (Fsp3) is 0.529. The number of rotatable bonds is 6. The van der Waals surface area contributed by atoms with Gasteiger partial charge in [-0.05, 0) is 37.5 Å². The van der Waals surface area contributed by atoms with Crippen molar-refractivity contribution in [3.8, 4) is 5.75 Å². The molecule has 142 valence electrons. The van der Waals surface area contributed by atoms with Gasteiger partial charge in [0.15, 0.2) is 0 Å². The number of nitrogens with zero attached hydrogens (tertiary/aromatic N) is 2. The molecule has 9 heteroatoms. The Morgan fingerprint density at radius 2 is 2.19 bits per heavy atom. The van der Waals surface area contributed by atoms with Crippen LogP contribution in [0.2, 0.25) is 0 Å². The van der Waals surface area contributed by atoms with E-state index in [0.29, 0.717) is 31.8 Å². The van der Waals surface area contributed by atoms with Crippen molar-refractivity contribution in [2.45, 2.75) is 43.5 Å². The number of hydrogen-bond acceptors (Lipinski definition) is 5. The number of hydrogen-bond donors (Lipinski definition) is 2. The van der Waals surface area contributed by atoms with Crippen LogP contribution in [-0.2, 0) is 11.2 Å². The van der Waals surface area contributed by atoms with Crippen molar-refractivity contribution >= 4 is 23.4 Å². The van der Waals surface area contributed by atoms with Gasteiger partial charge in [-0.1, -0.05) is 23.7 Å². The minimum atomic E-state index is -2.85. The highest BCUT2D eigenvalue weighted by Crippen LogP contribution is 2.37. The van der Waals surface area contributed by atoms with Crippen molar-refractivity contribution in [1.29, 1.82) is 0 Å². The number of benzene rings is 1. The van der Waals surface area contributed by atoms with Crippen LogP contribution >= 0.6 is 11.6 Å². The molecule has 2 aliphatic heterocycles. The van der Waals surface area contributed by atoms with Gasteiger partial charge in [0.1, 0.15) is 5.75 Å². The van der Waals surface area contributed by atoms with E-state index in [1.165, 1.54) is 12.1 Å². The van der Waals surface area contributed by atoms with Gasteiger partial charge in [0.25, 0.3) is 5.00 Å². The number of carboxylic acids is 1. The van der Waals surface area contributed by atoms with Crippen LogP contribution in [0.4, 0.5) is 8.78 Å². The van der Waals surface area contributed by atoms with Crippen LogP contribution in [0, 0.1) is 0 Å². The predicted octanol–water partition coefficient (Wildman–Crippen LogP) is 2.31. The minimum Gasteiger partial charge on any atom is -0.478 e. The molecule has 0 bridgehead atoms. The zero-order valence-corrected chi connectivity index (χ0v) is 14.9. The Kier molecular flexibility index (Phi) is 5.34. The summed E-state index contributed by atoms with van der Waals surface area (Å²) in [4.78, 5) is 16.1. The summed E-state index contributed by atoms with van der Waals surface area (Å²) < 4.78 is 28.7. The highest BCUT2D eigenvalue weighted by atomic mass is 35.5. The molecule has 26 heavy (non-hydrogen) atoms. The van der Waals surface area contributed by atoms with Crippen LogP contribution in [0.5, 0.6) is 5.75 Å². The summed E-state index contributed by atoms with van der Waals surface area (Å²) in [6.07, 6.45) is 1.28. The van der Waals surface area contributed by atoms with Crippen molar-refractivity contribution in [2.24, 2.45) is 4.99 Å². The highest BCUT2D eigenvalue weighted by molar-refractivity contribution is 6.35. The lowest BCUT2D eigenvalue weighted by Crippen LogP contribution is -2.64. The molecule has 1 saturated heterocycles. The largest absolute Gasteiger partial charge is 0.478 e. The van der Waals surface area contributed by atoms with Crippen molar-refractivity contribution in [1.82, 2.24) is 10.2 Å². The Bertz CT molecular complexity index is 701. The van der Waals surface area contributed by atoms with Gasteiger partial charge in [-0.25, -0.2) is 9.79 Å². The quantitative estimate of drug-likeness (QED) is 0.579. The molecule has 3 rings (SSSR count). The fourth-order valence-electron chi connectivity index (χ4n) is 3.63. The number of amidine groups is 1. The Labute approximate surface area is 154 Å². The Balaban J connectivity index is 1.68. The molecule has 6 nitrogen and oxygen atoms in total. The second kappa shape index (κ2) is 7.36. The smallest absolute Gasteiger partial charge is 0.387 e. The fourth-order valence-corrected chi connectivity index (χ4v) is 4.03. The second-order valence-electron chi connectivity index (χ2n) is 6.40. The first-order valence-corrected chi connectivity index (χ1v) is 8.71. The number of piperazine rings is 1. The summed E-state index contributed by atoms with van der Waals surface area (Å²) in [5, 5.41) is 12.9. The van der Waals surface area contributed by atoms with Crippen molar-refractivity contribution in [3.05, 3.63) is 29.8 Å². The first-order chi connectivity index (χ1) is 12.3. The van der Waals surface area contributed by atoms with Gasteiger partial charge in [-0.15, -0.1) is 0 Å². The molecule has 0 spiro atoms. The molecular weight excluding hydrogens is 368 g/mol. The summed E-state index contributed by atoms with van der Waals surface area (Å²) >= 11 is 6.36. The number of halogens is 3. The average molecular weight is 388 g/mol. The van der Waals surface area contributed by atoms with E-state index < -0.39 is 23.6 Å². The molecule has 2 N–H and O–H groups in total. The van der Waals surface area contributed by atoms with Crippen LogP contribution < -0.4 is 10.1 Å². The van der Waals surface area contributed by atoms with Gasteiger partial charge >= 0.3 is 12.6 Å². The number of aryl methyl sites for hydroxylation is 1. The van der Waals surface area contributed by atoms with Crippen LogP contribution in [0.25, 0.3) is 0 Å². The van der Waals surface area contributed by atoms with E-state index >= 15 is 0 Å². The van der Waals surface area contributed by atoms with Gasteiger partial charge in [0.05, 0.1) is 11.9 Å². The summed E-state index contributed by atoms with van der Waals surface area (Å²) in [5.74, 6) is -0.420. The lowest BCUT2D eigenvalue weighted by Gasteiger charge is -2.42. The molecule has 0 aromatic heterocycles. The van der Waals surface area contributed by atoms with Crippen LogP contribution in [0.3, 0.4) is 0 Å². The third kappa shape index (κ3) is 3.61. The monoisotopic (exact) mass is 387 g/mol. The lowest BCUT2D eigenvalue weighted by molar-refractivity contribution is -0.141. The average Bonchev–Trinajstić information content (AvgIpc) is 2.87. The molecular formula is C17H20ClF2N3O3. The van der Waals surface area contributed by atoms with E-state index in [4.69, 9.17) is 11.6 Å². The first-order valence-electron chi connectivity index (χ1n) is 8.34. The van der Waals surface area contributed by atoms with Crippen LogP contribution in [0.15, 0.2) is 29.3 Å². The summed E-state index contributed by atoms with van der Waals surface area (Å²) in [6.45, 7) is 0.279. The van der Waals surface area contributed by atoms with Crippen molar-refractivity contribution in [2.75, 3.05) is 13.1 Å². The topological polar surface area (TPSA) is 74.2 Å². The number of fused-ring (bicyclic) bond motifs is 1. The van der Waals surface area contributed by atoms with Gasteiger partial charge in [-0.2, -0.15) is 8.78 Å². The summed E-state index contributed by atoms with van der Waals surface area (Å²) in [6, 6.07) is 5.80. The number of carboxylic acid groups (broad SMARTS) is 1. The number of aliphatic carboxylic acids is 1. The molecule has 3 unspecified atom stereocenters. The molecule has 2 heterocycles. The molecule has 2 aliphatic rings. The second-order valence-corrected chi connectivity index (χ2v) is 6.97. The third-order valence-electron chi connectivity index (χ3n) is 4.80. The third-order valence-corrected chi connectivity index (χ3v) is 5.27. The normalized spacial score (nSPS) is 28.0. The van der Waals surface area contributed by atoms with Crippen molar-refractivity contribution < 1.29 is 23.4 Å². The van der Waals surface area contributed by atoms with Gasteiger partial charge < -0.3 is 20.1 Å². The Morgan fingerprint density at radius 3 is 2.81 bits per heavy atom. The van der Waals surface area contributed by atoms with E-state index in [9.17, 15) is 18.7 Å². The number of ether oxygens (including phenoxy) is 1. The minimum absolute atomic E-state index is 0.108. The molecule has 1 fully saturated rings. The maximum absolute atomic E-state index is 12.2. The van der Waals surface area contributed by atoms with E-state index in [-0.39, 0.29) is 11.8 Å². The number of aliphatic imine (C=N–C) groups is 1.